The molecule has 0 bridgehead atoms. The first-order valence-electron chi connectivity index (χ1n) is 10.4. The minimum atomic E-state index is 0.0540. The van der Waals surface area contributed by atoms with Gasteiger partial charge in [0.15, 0.2) is 0 Å². The number of hydrogen-bond donors (Lipinski definition) is 1. The number of ether oxygens (including phenoxy) is 1. The maximum Gasteiger partial charge on any atom is 0.228 e. The van der Waals surface area contributed by atoms with E-state index in [0.717, 1.165) is 61.3 Å². The van der Waals surface area contributed by atoms with Gasteiger partial charge in [-0.05, 0) is 56.0 Å². The molecule has 2 aromatic carbocycles. The third-order valence-electron chi connectivity index (χ3n) is 5.87. The average Bonchev–Trinajstić information content (AvgIpc) is 2.75. The quantitative estimate of drug-likeness (QED) is 0.718. The lowest BCUT2D eigenvalue weighted by molar-refractivity contribution is -0.121. The molecule has 1 aliphatic heterocycles. The number of benzene rings is 2. The molecule has 4 nitrogen and oxygen atoms in total. The van der Waals surface area contributed by atoms with Crippen molar-refractivity contribution in [1.29, 1.82) is 0 Å². The van der Waals surface area contributed by atoms with Crippen LogP contribution in [-0.4, -0.2) is 37.0 Å². The van der Waals surface area contributed by atoms with Crippen molar-refractivity contribution in [3.05, 3.63) is 48.5 Å². The number of likely N-dealkylation sites (tertiary alicyclic amines) is 1. The van der Waals surface area contributed by atoms with E-state index in [9.17, 15) is 4.79 Å². The molecule has 1 N–H and O–H groups in total. The number of nitrogens with zero attached hydrogens (tertiary/aromatic N) is 1. The molecule has 1 atom stereocenters. The summed E-state index contributed by atoms with van der Waals surface area (Å²) in [6, 6.07) is 16.5. The minimum Gasteiger partial charge on any atom is -0.497 e. The highest BCUT2D eigenvalue weighted by Gasteiger charge is 2.28. The van der Waals surface area contributed by atoms with Gasteiger partial charge in [0.2, 0.25) is 5.91 Å². The molecule has 0 saturated carbocycles. The number of nitrogens with one attached hydrogen (secondary N) is 1. The van der Waals surface area contributed by atoms with Crippen molar-refractivity contribution in [2.45, 2.75) is 45.6 Å². The summed E-state index contributed by atoms with van der Waals surface area (Å²) >= 11 is 0. The Hall–Kier alpha value is -2.33. The van der Waals surface area contributed by atoms with Gasteiger partial charge in [0.05, 0.1) is 13.0 Å². The molecule has 150 valence electrons. The zero-order valence-electron chi connectivity index (χ0n) is 17.3. The van der Waals surface area contributed by atoms with Crippen molar-refractivity contribution >= 4 is 11.6 Å². The number of para-hydroxylation sites is 1. The van der Waals surface area contributed by atoms with Gasteiger partial charge in [-0.2, -0.15) is 0 Å². The van der Waals surface area contributed by atoms with Crippen LogP contribution < -0.4 is 10.1 Å². The molecular weight excluding hydrogens is 348 g/mol. The van der Waals surface area contributed by atoms with Crippen LogP contribution in [0.4, 0.5) is 5.69 Å². The van der Waals surface area contributed by atoms with Gasteiger partial charge >= 0.3 is 0 Å². The van der Waals surface area contributed by atoms with Gasteiger partial charge in [-0.1, -0.05) is 44.2 Å². The predicted octanol–water partition coefficient (Wildman–Crippen LogP) is 5.20. The number of amides is 1. The molecule has 1 amide bonds. The minimum absolute atomic E-state index is 0.0540. The second-order valence-electron chi connectivity index (χ2n) is 7.57. The zero-order valence-corrected chi connectivity index (χ0v) is 17.3. The summed E-state index contributed by atoms with van der Waals surface area (Å²) < 4.78 is 5.25. The van der Waals surface area contributed by atoms with Crippen molar-refractivity contribution in [2.24, 2.45) is 5.92 Å². The van der Waals surface area contributed by atoms with Crippen molar-refractivity contribution < 1.29 is 9.53 Å². The van der Waals surface area contributed by atoms with Crippen molar-refractivity contribution in [2.75, 3.05) is 25.5 Å². The van der Waals surface area contributed by atoms with E-state index in [1.54, 1.807) is 7.11 Å². The van der Waals surface area contributed by atoms with E-state index in [4.69, 9.17) is 4.74 Å². The summed E-state index contributed by atoms with van der Waals surface area (Å²) in [6.07, 6.45) is 4.35. The highest BCUT2D eigenvalue weighted by atomic mass is 16.5. The second kappa shape index (κ2) is 9.74. The van der Waals surface area contributed by atoms with Crippen LogP contribution in [0.15, 0.2) is 48.5 Å². The Bertz CT molecular complexity index is 768. The SMILES string of the molecule is CCC(CC)N1CCC[C@H](C(=O)Nc2ccccc2-c2ccc(OC)cc2)C1. The normalized spacial score (nSPS) is 17.5. The summed E-state index contributed by atoms with van der Waals surface area (Å²) in [5.41, 5.74) is 2.97. The largest absolute Gasteiger partial charge is 0.497 e. The fourth-order valence-corrected chi connectivity index (χ4v) is 4.21. The fourth-order valence-electron chi connectivity index (χ4n) is 4.21. The number of anilines is 1. The third kappa shape index (κ3) is 4.74. The van der Waals surface area contributed by atoms with Crippen LogP contribution in [0, 0.1) is 5.92 Å². The summed E-state index contributed by atoms with van der Waals surface area (Å²) in [5.74, 6) is 1.02. The molecule has 1 saturated heterocycles. The first-order chi connectivity index (χ1) is 13.7. The van der Waals surface area contributed by atoms with E-state index in [-0.39, 0.29) is 11.8 Å². The lowest BCUT2D eigenvalue weighted by Gasteiger charge is -2.37. The van der Waals surface area contributed by atoms with Gasteiger partial charge in [-0.15, -0.1) is 0 Å². The smallest absolute Gasteiger partial charge is 0.228 e. The van der Waals surface area contributed by atoms with E-state index in [2.05, 4.69) is 30.1 Å². The van der Waals surface area contributed by atoms with Crippen LogP contribution in [0.2, 0.25) is 0 Å². The third-order valence-corrected chi connectivity index (χ3v) is 5.87. The zero-order chi connectivity index (χ0) is 19.9. The Morgan fingerprint density at radius 3 is 2.54 bits per heavy atom. The Kier molecular flexibility index (Phi) is 7.10. The van der Waals surface area contributed by atoms with E-state index in [0.29, 0.717) is 6.04 Å². The molecule has 28 heavy (non-hydrogen) atoms. The van der Waals surface area contributed by atoms with Gasteiger partial charge in [0, 0.05) is 23.8 Å². The van der Waals surface area contributed by atoms with Crippen LogP contribution in [0.25, 0.3) is 11.1 Å². The molecule has 1 fully saturated rings. The summed E-state index contributed by atoms with van der Waals surface area (Å²) in [6.45, 7) is 6.45. The van der Waals surface area contributed by atoms with Gasteiger partial charge in [-0.3, -0.25) is 9.69 Å². The van der Waals surface area contributed by atoms with Crippen LogP contribution in [0.3, 0.4) is 0 Å². The summed E-state index contributed by atoms with van der Waals surface area (Å²) in [5, 5.41) is 3.21. The predicted molar refractivity (Wildman–Crippen MR) is 116 cm³/mol. The van der Waals surface area contributed by atoms with Crippen LogP contribution in [0.5, 0.6) is 5.75 Å². The number of hydrogen-bond acceptors (Lipinski definition) is 3. The van der Waals surface area contributed by atoms with Gasteiger partial charge in [0.25, 0.3) is 0 Å². The Morgan fingerprint density at radius 2 is 1.86 bits per heavy atom. The molecule has 0 aromatic heterocycles. The molecule has 3 rings (SSSR count). The maximum absolute atomic E-state index is 13.0. The molecule has 0 aliphatic carbocycles. The summed E-state index contributed by atoms with van der Waals surface area (Å²) in [7, 11) is 1.66. The molecule has 2 aromatic rings. The number of piperidine rings is 1. The summed E-state index contributed by atoms with van der Waals surface area (Å²) in [4.78, 5) is 15.5. The number of carbonyl (C=O) groups is 1. The van der Waals surface area contributed by atoms with Gasteiger partial charge in [0.1, 0.15) is 5.75 Å². The van der Waals surface area contributed by atoms with Crippen molar-refractivity contribution in [3.63, 3.8) is 0 Å². The number of carbonyl (C=O) groups excluding carboxylic acids is 1. The van der Waals surface area contributed by atoms with E-state index in [1.807, 2.05) is 42.5 Å². The monoisotopic (exact) mass is 380 g/mol. The fraction of sp³-hybridized carbons (Fsp3) is 0.458. The van der Waals surface area contributed by atoms with E-state index in [1.165, 1.54) is 0 Å². The molecular formula is C24H32N2O2. The Balaban J connectivity index is 1.73. The first-order valence-corrected chi connectivity index (χ1v) is 10.4. The lowest BCUT2D eigenvalue weighted by atomic mass is 9.94. The van der Waals surface area contributed by atoms with Crippen molar-refractivity contribution in [1.82, 2.24) is 4.90 Å². The highest BCUT2D eigenvalue weighted by Crippen LogP contribution is 2.30. The van der Waals surface area contributed by atoms with E-state index >= 15 is 0 Å². The molecule has 1 aliphatic rings. The Labute approximate surface area is 168 Å². The van der Waals surface area contributed by atoms with Gasteiger partial charge in [-0.25, -0.2) is 0 Å². The van der Waals surface area contributed by atoms with Crippen LogP contribution in [0.1, 0.15) is 39.5 Å². The van der Waals surface area contributed by atoms with E-state index < -0.39 is 0 Å². The number of methoxy groups -OCH3 is 1. The first kappa shape index (κ1) is 20.4. The number of rotatable bonds is 7. The molecule has 0 unspecified atom stereocenters. The lowest BCUT2D eigenvalue weighted by Crippen LogP contribution is -2.45. The van der Waals surface area contributed by atoms with Crippen LogP contribution >= 0.6 is 0 Å². The van der Waals surface area contributed by atoms with Crippen molar-refractivity contribution in [3.8, 4) is 16.9 Å². The topological polar surface area (TPSA) is 41.6 Å². The van der Waals surface area contributed by atoms with Crippen LogP contribution in [-0.2, 0) is 4.79 Å². The molecule has 1 heterocycles. The molecule has 0 radical (unpaired) electrons. The second-order valence-corrected chi connectivity index (χ2v) is 7.57. The average molecular weight is 381 g/mol. The molecule has 4 heteroatoms. The van der Waals surface area contributed by atoms with Gasteiger partial charge < -0.3 is 10.1 Å². The highest BCUT2D eigenvalue weighted by molar-refractivity contribution is 5.97. The molecule has 0 spiro atoms. The maximum atomic E-state index is 13.0. The standard InChI is InChI=1S/C24H32N2O2/c1-4-20(5-2)26-16-8-9-19(17-26)24(27)25-23-11-7-6-10-22(23)18-12-14-21(28-3)15-13-18/h6-7,10-15,19-20H,4-5,8-9,16-17H2,1-3H3,(H,25,27)/t19-/m0/s1. The Morgan fingerprint density at radius 1 is 1.14 bits per heavy atom.